The first kappa shape index (κ1) is 20.2. The van der Waals surface area contributed by atoms with Crippen LogP contribution in [0.3, 0.4) is 0 Å². The Morgan fingerprint density at radius 3 is 2.63 bits per heavy atom. The fourth-order valence-corrected chi connectivity index (χ4v) is 4.53. The Kier molecular flexibility index (Phi) is 5.15. The van der Waals surface area contributed by atoms with Crippen LogP contribution in [0.4, 0.5) is 11.4 Å². The fraction of sp³-hybridized carbons (Fsp3) is 0.391. The van der Waals surface area contributed by atoms with Crippen molar-refractivity contribution in [2.45, 2.75) is 31.8 Å². The molecule has 1 spiro atoms. The van der Waals surface area contributed by atoms with Gasteiger partial charge in [-0.2, -0.15) is 0 Å². The van der Waals surface area contributed by atoms with E-state index in [1.54, 1.807) is 32.4 Å². The standard InChI is InChI=1S/C23H27N3O4/c1-13(2)18-12-16(21(27)24-19-11-14(29-3)9-10-20(19)30-4)23(26-18)15-7-5-6-8-17(15)25-22(23)28/h5-11,13,16,18,26H,12H2,1-4H3,(H,24,27)(H,25,28)/t16-,18-,23-/m1/s1. The number of rotatable bonds is 5. The van der Waals surface area contributed by atoms with Gasteiger partial charge in [0.15, 0.2) is 0 Å². The third kappa shape index (κ3) is 3.10. The Bertz CT molecular complexity index is 990. The van der Waals surface area contributed by atoms with Crippen LogP contribution < -0.4 is 25.4 Å². The average Bonchev–Trinajstić information content (AvgIpc) is 3.28. The van der Waals surface area contributed by atoms with Gasteiger partial charge in [0.1, 0.15) is 17.0 Å². The SMILES string of the molecule is COc1ccc(OC)c(NC(=O)[C@H]2C[C@H](C(C)C)N[C@@]23C(=O)Nc2ccccc23)c1. The second-order valence-electron chi connectivity index (χ2n) is 8.15. The van der Waals surface area contributed by atoms with E-state index in [1.165, 1.54) is 0 Å². The molecule has 1 fully saturated rings. The number of hydrogen-bond donors (Lipinski definition) is 3. The summed E-state index contributed by atoms with van der Waals surface area (Å²) in [6.07, 6.45) is 0.553. The van der Waals surface area contributed by atoms with E-state index in [9.17, 15) is 9.59 Å². The second kappa shape index (κ2) is 7.65. The molecule has 0 aliphatic carbocycles. The lowest BCUT2D eigenvalue weighted by Crippen LogP contribution is -2.52. The van der Waals surface area contributed by atoms with Gasteiger partial charge in [-0.05, 0) is 30.5 Å². The Hall–Kier alpha value is -3.06. The van der Waals surface area contributed by atoms with E-state index in [0.717, 1.165) is 11.3 Å². The van der Waals surface area contributed by atoms with Gasteiger partial charge in [0, 0.05) is 23.4 Å². The summed E-state index contributed by atoms with van der Waals surface area (Å²) in [4.78, 5) is 26.8. The minimum atomic E-state index is -1.10. The zero-order valence-electron chi connectivity index (χ0n) is 17.6. The van der Waals surface area contributed by atoms with Crippen molar-refractivity contribution in [1.29, 1.82) is 0 Å². The number of hydrogen-bond acceptors (Lipinski definition) is 5. The average molecular weight is 409 g/mol. The predicted octanol–water partition coefficient (Wildman–Crippen LogP) is 3.12. The summed E-state index contributed by atoms with van der Waals surface area (Å²) >= 11 is 0. The minimum Gasteiger partial charge on any atom is -0.497 e. The van der Waals surface area contributed by atoms with Crippen molar-refractivity contribution < 1.29 is 19.1 Å². The molecule has 2 amide bonds. The van der Waals surface area contributed by atoms with Gasteiger partial charge >= 0.3 is 0 Å². The first-order chi connectivity index (χ1) is 14.4. The van der Waals surface area contributed by atoms with Crippen LogP contribution in [0.1, 0.15) is 25.8 Å². The third-order valence-electron chi connectivity index (χ3n) is 6.17. The lowest BCUT2D eigenvalue weighted by molar-refractivity contribution is -0.130. The molecule has 7 heteroatoms. The zero-order valence-corrected chi connectivity index (χ0v) is 17.6. The molecule has 0 unspecified atom stereocenters. The normalized spacial score (nSPS) is 24.6. The van der Waals surface area contributed by atoms with E-state index in [4.69, 9.17) is 9.47 Å². The number of benzene rings is 2. The molecule has 1 saturated heterocycles. The Labute approximate surface area is 176 Å². The molecule has 30 heavy (non-hydrogen) atoms. The molecule has 2 aromatic carbocycles. The fourth-order valence-electron chi connectivity index (χ4n) is 4.53. The molecule has 0 radical (unpaired) electrons. The summed E-state index contributed by atoms with van der Waals surface area (Å²) < 4.78 is 10.7. The number of carbonyl (C=O) groups excluding carboxylic acids is 2. The number of fused-ring (bicyclic) bond motifs is 2. The highest BCUT2D eigenvalue weighted by Gasteiger charge is 2.60. The maximum Gasteiger partial charge on any atom is 0.250 e. The molecule has 158 valence electrons. The summed E-state index contributed by atoms with van der Waals surface area (Å²) in [5, 5.41) is 9.44. The number of amides is 2. The van der Waals surface area contributed by atoms with Gasteiger partial charge in [-0.25, -0.2) is 0 Å². The second-order valence-corrected chi connectivity index (χ2v) is 8.15. The van der Waals surface area contributed by atoms with Crippen LogP contribution in [-0.4, -0.2) is 32.1 Å². The summed E-state index contributed by atoms with van der Waals surface area (Å²) in [6, 6.07) is 12.8. The van der Waals surface area contributed by atoms with E-state index in [2.05, 4.69) is 29.8 Å². The summed E-state index contributed by atoms with van der Waals surface area (Å²) in [7, 11) is 3.11. The molecule has 0 saturated carbocycles. The third-order valence-corrected chi connectivity index (χ3v) is 6.17. The Morgan fingerprint density at radius 1 is 1.17 bits per heavy atom. The number of carbonyl (C=O) groups is 2. The molecular weight excluding hydrogens is 382 g/mol. The number of para-hydroxylation sites is 1. The molecule has 2 aromatic rings. The van der Waals surface area contributed by atoms with E-state index in [0.29, 0.717) is 23.6 Å². The molecule has 4 rings (SSSR count). The van der Waals surface area contributed by atoms with Crippen LogP contribution in [0.15, 0.2) is 42.5 Å². The molecule has 3 atom stereocenters. The number of anilines is 2. The van der Waals surface area contributed by atoms with Crippen molar-refractivity contribution in [3.05, 3.63) is 48.0 Å². The lowest BCUT2D eigenvalue weighted by atomic mass is 9.79. The van der Waals surface area contributed by atoms with Crippen LogP contribution >= 0.6 is 0 Å². The smallest absolute Gasteiger partial charge is 0.250 e. The van der Waals surface area contributed by atoms with Crippen molar-refractivity contribution in [1.82, 2.24) is 5.32 Å². The van der Waals surface area contributed by atoms with Gasteiger partial charge < -0.3 is 20.1 Å². The topological polar surface area (TPSA) is 88.7 Å². The van der Waals surface area contributed by atoms with Crippen LogP contribution in [0, 0.1) is 11.8 Å². The Balaban J connectivity index is 1.73. The van der Waals surface area contributed by atoms with Crippen molar-refractivity contribution in [3.63, 3.8) is 0 Å². The quantitative estimate of drug-likeness (QED) is 0.706. The largest absolute Gasteiger partial charge is 0.497 e. The van der Waals surface area contributed by atoms with Gasteiger partial charge in [-0.3, -0.25) is 14.9 Å². The molecular formula is C23H27N3O4. The van der Waals surface area contributed by atoms with Gasteiger partial charge in [-0.1, -0.05) is 32.0 Å². The van der Waals surface area contributed by atoms with E-state index >= 15 is 0 Å². The van der Waals surface area contributed by atoms with Crippen molar-refractivity contribution >= 4 is 23.2 Å². The highest BCUT2D eigenvalue weighted by molar-refractivity contribution is 6.10. The first-order valence-electron chi connectivity index (χ1n) is 10.1. The number of ether oxygens (including phenoxy) is 2. The summed E-state index contributed by atoms with van der Waals surface area (Å²) in [5.41, 5.74) is 0.977. The van der Waals surface area contributed by atoms with Crippen molar-refractivity contribution in [2.75, 3.05) is 24.9 Å². The van der Waals surface area contributed by atoms with Crippen molar-refractivity contribution in [2.24, 2.45) is 11.8 Å². The maximum absolute atomic E-state index is 13.5. The molecule has 2 aliphatic rings. The highest BCUT2D eigenvalue weighted by Crippen LogP contribution is 2.48. The van der Waals surface area contributed by atoms with E-state index in [-0.39, 0.29) is 23.8 Å². The summed E-state index contributed by atoms with van der Waals surface area (Å²) in [6.45, 7) is 4.19. The van der Waals surface area contributed by atoms with Crippen LogP contribution in [0.2, 0.25) is 0 Å². The molecule has 0 bridgehead atoms. The van der Waals surface area contributed by atoms with Crippen LogP contribution in [0.5, 0.6) is 11.5 Å². The van der Waals surface area contributed by atoms with E-state index in [1.807, 2.05) is 24.3 Å². The van der Waals surface area contributed by atoms with Crippen LogP contribution in [-0.2, 0) is 15.1 Å². The first-order valence-corrected chi connectivity index (χ1v) is 10.1. The molecule has 2 heterocycles. The number of nitrogens with one attached hydrogen (secondary N) is 3. The molecule has 3 N–H and O–H groups in total. The number of methoxy groups -OCH3 is 2. The molecule has 2 aliphatic heterocycles. The monoisotopic (exact) mass is 409 g/mol. The molecule has 7 nitrogen and oxygen atoms in total. The van der Waals surface area contributed by atoms with Crippen LogP contribution in [0.25, 0.3) is 0 Å². The maximum atomic E-state index is 13.5. The van der Waals surface area contributed by atoms with Crippen molar-refractivity contribution in [3.8, 4) is 11.5 Å². The molecule has 0 aromatic heterocycles. The predicted molar refractivity (Wildman–Crippen MR) is 115 cm³/mol. The lowest BCUT2D eigenvalue weighted by Gasteiger charge is -2.29. The van der Waals surface area contributed by atoms with E-state index < -0.39 is 11.5 Å². The Morgan fingerprint density at radius 2 is 1.93 bits per heavy atom. The van der Waals surface area contributed by atoms with Gasteiger partial charge in [0.05, 0.1) is 25.8 Å². The van der Waals surface area contributed by atoms with Gasteiger partial charge in [-0.15, -0.1) is 0 Å². The van der Waals surface area contributed by atoms with Gasteiger partial charge in [0.2, 0.25) is 11.8 Å². The van der Waals surface area contributed by atoms with Gasteiger partial charge in [0.25, 0.3) is 0 Å². The minimum absolute atomic E-state index is 0.0323. The summed E-state index contributed by atoms with van der Waals surface area (Å²) in [5.74, 6) is 0.403. The highest BCUT2D eigenvalue weighted by atomic mass is 16.5. The zero-order chi connectivity index (χ0) is 21.5.